The van der Waals surface area contributed by atoms with E-state index in [4.69, 9.17) is 0 Å². The average molecular weight is 237 g/mol. The lowest BCUT2D eigenvalue weighted by atomic mass is 9.92. The molecule has 0 spiro atoms. The van der Waals surface area contributed by atoms with Crippen molar-refractivity contribution in [3.05, 3.63) is 18.0 Å². The minimum Gasteiger partial charge on any atom is -0.311 e. The summed E-state index contributed by atoms with van der Waals surface area (Å²) in [5.41, 5.74) is 1.54. The molecule has 0 aliphatic rings. The molecule has 17 heavy (non-hydrogen) atoms. The van der Waals surface area contributed by atoms with E-state index in [1.807, 2.05) is 0 Å². The van der Waals surface area contributed by atoms with Gasteiger partial charge in [-0.1, -0.05) is 27.7 Å². The van der Waals surface area contributed by atoms with Gasteiger partial charge in [0.25, 0.3) is 0 Å². The third-order valence-corrected chi connectivity index (χ3v) is 3.06. The van der Waals surface area contributed by atoms with Gasteiger partial charge in [0.05, 0.1) is 5.69 Å². The number of rotatable bonds is 6. The van der Waals surface area contributed by atoms with Crippen LogP contribution in [0.3, 0.4) is 0 Å². The third-order valence-electron chi connectivity index (χ3n) is 3.06. The molecule has 3 heteroatoms. The molecule has 0 saturated carbocycles. The largest absolute Gasteiger partial charge is 0.311 e. The van der Waals surface area contributed by atoms with E-state index in [9.17, 15) is 0 Å². The topological polar surface area (TPSA) is 29.9 Å². The summed E-state index contributed by atoms with van der Waals surface area (Å²) in [5, 5.41) is 8.02. The molecule has 1 heterocycles. The van der Waals surface area contributed by atoms with Crippen LogP contribution in [-0.4, -0.2) is 16.3 Å². The van der Waals surface area contributed by atoms with Crippen molar-refractivity contribution in [1.29, 1.82) is 0 Å². The van der Waals surface area contributed by atoms with E-state index in [-0.39, 0.29) is 0 Å². The van der Waals surface area contributed by atoms with Crippen molar-refractivity contribution in [3.8, 4) is 0 Å². The van der Waals surface area contributed by atoms with Crippen molar-refractivity contribution in [2.75, 3.05) is 6.54 Å². The minimum absolute atomic E-state index is 0.406. The van der Waals surface area contributed by atoms with Gasteiger partial charge < -0.3 is 5.32 Å². The van der Waals surface area contributed by atoms with Gasteiger partial charge in [0.15, 0.2) is 0 Å². The lowest BCUT2D eigenvalue weighted by molar-refractivity contribution is 0.365. The van der Waals surface area contributed by atoms with Crippen molar-refractivity contribution >= 4 is 0 Å². The normalized spacial score (nSPS) is 13.9. The summed E-state index contributed by atoms with van der Waals surface area (Å²) in [7, 11) is 0. The van der Waals surface area contributed by atoms with Crippen LogP contribution in [0.15, 0.2) is 12.3 Å². The second kappa shape index (κ2) is 6.20. The van der Waals surface area contributed by atoms with Gasteiger partial charge in [-0.25, -0.2) is 0 Å². The Kier molecular flexibility index (Phi) is 5.19. The van der Waals surface area contributed by atoms with E-state index in [1.54, 1.807) is 0 Å². The second-order valence-electron chi connectivity index (χ2n) is 6.03. The molecule has 0 amide bonds. The Balaban J connectivity index is 2.30. The summed E-state index contributed by atoms with van der Waals surface area (Å²) in [6.45, 7) is 13.1. The van der Waals surface area contributed by atoms with E-state index in [0.29, 0.717) is 11.5 Å². The van der Waals surface area contributed by atoms with Crippen LogP contribution in [-0.2, 0) is 6.54 Å². The Morgan fingerprint density at radius 2 is 2.12 bits per heavy atom. The fraction of sp³-hybridized carbons (Fsp3) is 0.786. The average Bonchev–Trinajstić information content (AvgIpc) is 2.70. The number of aromatic nitrogens is 2. The minimum atomic E-state index is 0.406. The smallest absolute Gasteiger partial charge is 0.0762 e. The van der Waals surface area contributed by atoms with Crippen LogP contribution in [0.25, 0.3) is 0 Å². The summed E-state index contributed by atoms with van der Waals surface area (Å²) in [6.07, 6.45) is 4.40. The number of nitrogens with zero attached hydrogens (tertiary/aromatic N) is 2. The first-order valence-electron chi connectivity index (χ1n) is 6.67. The van der Waals surface area contributed by atoms with Crippen LogP contribution in [0, 0.1) is 5.41 Å². The van der Waals surface area contributed by atoms with Gasteiger partial charge in [-0.05, 0) is 37.8 Å². The Bertz CT molecular complexity index is 322. The highest BCUT2D eigenvalue weighted by Crippen LogP contribution is 2.17. The number of hydrogen-bond donors (Lipinski definition) is 1. The lowest BCUT2D eigenvalue weighted by Gasteiger charge is -2.17. The predicted octanol–water partition coefficient (Wildman–Crippen LogP) is 3.38. The standard InChI is InChI=1S/C14H27N3/c1-6-12(2)17-10-7-13(16-17)11-15-9-8-14(3,4)5/h7,10,12,15H,6,8-9,11H2,1-5H3. The van der Waals surface area contributed by atoms with Crippen LogP contribution in [0.5, 0.6) is 0 Å². The predicted molar refractivity (Wildman–Crippen MR) is 73.0 cm³/mol. The number of hydrogen-bond acceptors (Lipinski definition) is 2. The van der Waals surface area contributed by atoms with Crippen molar-refractivity contribution in [3.63, 3.8) is 0 Å². The van der Waals surface area contributed by atoms with Gasteiger partial charge in [0.2, 0.25) is 0 Å². The quantitative estimate of drug-likeness (QED) is 0.769. The van der Waals surface area contributed by atoms with Gasteiger partial charge in [0, 0.05) is 18.8 Å². The summed E-state index contributed by atoms with van der Waals surface area (Å²) in [4.78, 5) is 0. The van der Waals surface area contributed by atoms with E-state index in [2.05, 4.69) is 62.0 Å². The molecular weight excluding hydrogens is 210 g/mol. The van der Waals surface area contributed by atoms with Crippen molar-refractivity contribution in [1.82, 2.24) is 15.1 Å². The van der Waals surface area contributed by atoms with Crippen LogP contribution < -0.4 is 5.32 Å². The molecular formula is C14H27N3. The van der Waals surface area contributed by atoms with Crippen molar-refractivity contribution in [2.24, 2.45) is 5.41 Å². The van der Waals surface area contributed by atoms with Crippen molar-refractivity contribution < 1.29 is 0 Å². The van der Waals surface area contributed by atoms with Gasteiger partial charge in [0.1, 0.15) is 0 Å². The van der Waals surface area contributed by atoms with Crippen LogP contribution >= 0.6 is 0 Å². The summed E-state index contributed by atoms with van der Waals surface area (Å²) in [6, 6.07) is 2.61. The Morgan fingerprint density at radius 1 is 1.41 bits per heavy atom. The van der Waals surface area contributed by atoms with Crippen LogP contribution in [0.4, 0.5) is 0 Å². The zero-order valence-corrected chi connectivity index (χ0v) is 12.0. The fourth-order valence-electron chi connectivity index (χ4n) is 1.58. The van der Waals surface area contributed by atoms with Gasteiger partial charge in [-0.3, -0.25) is 4.68 Å². The second-order valence-corrected chi connectivity index (χ2v) is 6.03. The fourth-order valence-corrected chi connectivity index (χ4v) is 1.58. The molecule has 0 radical (unpaired) electrons. The first-order valence-corrected chi connectivity index (χ1v) is 6.67. The van der Waals surface area contributed by atoms with E-state index in [1.165, 1.54) is 6.42 Å². The van der Waals surface area contributed by atoms with Crippen LogP contribution in [0.1, 0.15) is 59.2 Å². The molecule has 0 aromatic carbocycles. The maximum atomic E-state index is 4.57. The maximum Gasteiger partial charge on any atom is 0.0762 e. The van der Waals surface area contributed by atoms with E-state index < -0.39 is 0 Å². The van der Waals surface area contributed by atoms with E-state index >= 15 is 0 Å². The first-order chi connectivity index (χ1) is 7.92. The Labute approximate surface area is 106 Å². The molecule has 1 aromatic rings. The third kappa shape index (κ3) is 5.35. The molecule has 0 aliphatic carbocycles. The molecule has 1 atom stereocenters. The van der Waals surface area contributed by atoms with Gasteiger partial charge in [-0.2, -0.15) is 5.10 Å². The molecule has 1 unspecified atom stereocenters. The molecule has 0 aliphatic heterocycles. The lowest BCUT2D eigenvalue weighted by Crippen LogP contribution is -2.20. The summed E-state index contributed by atoms with van der Waals surface area (Å²) >= 11 is 0. The van der Waals surface area contributed by atoms with Crippen LogP contribution in [0.2, 0.25) is 0 Å². The van der Waals surface area contributed by atoms with Gasteiger partial charge >= 0.3 is 0 Å². The SMILES string of the molecule is CCC(C)n1ccc(CNCCC(C)(C)C)n1. The molecule has 98 valence electrons. The molecule has 1 aromatic heterocycles. The highest BCUT2D eigenvalue weighted by Gasteiger charge is 2.09. The number of nitrogens with one attached hydrogen (secondary N) is 1. The molecule has 0 saturated heterocycles. The highest BCUT2D eigenvalue weighted by molar-refractivity contribution is 4.99. The molecule has 3 nitrogen and oxygen atoms in total. The summed E-state index contributed by atoms with van der Waals surface area (Å²) < 4.78 is 2.06. The molecule has 1 N–H and O–H groups in total. The Morgan fingerprint density at radius 3 is 2.71 bits per heavy atom. The zero-order valence-electron chi connectivity index (χ0n) is 12.0. The van der Waals surface area contributed by atoms with E-state index in [0.717, 1.165) is 25.2 Å². The molecule has 0 bridgehead atoms. The monoisotopic (exact) mass is 237 g/mol. The highest BCUT2D eigenvalue weighted by atomic mass is 15.3. The summed E-state index contributed by atoms with van der Waals surface area (Å²) in [5.74, 6) is 0. The zero-order chi connectivity index (χ0) is 12.9. The molecule has 1 rings (SSSR count). The van der Waals surface area contributed by atoms with Crippen molar-refractivity contribution in [2.45, 2.75) is 60.0 Å². The first kappa shape index (κ1) is 14.2. The maximum absolute atomic E-state index is 4.57. The van der Waals surface area contributed by atoms with Gasteiger partial charge in [-0.15, -0.1) is 0 Å². The Hall–Kier alpha value is -0.830. The molecule has 0 fully saturated rings.